The summed E-state index contributed by atoms with van der Waals surface area (Å²) in [6.45, 7) is 5.60. The average molecular weight is 450 g/mol. The average Bonchev–Trinajstić information content (AvgIpc) is 2.58. The molecule has 0 spiro atoms. The van der Waals surface area contributed by atoms with Crippen molar-refractivity contribution in [3.8, 4) is 0 Å². The number of hydrogen-bond acceptors (Lipinski definition) is 2. The highest BCUT2D eigenvalue weighted by molar-refractivity contribution is 14.1. The second kappa shape index (κ2) is 8.99. The van der Waals surface area contributed by atoms with Crippen molar-refractivity contribution in [1.82, 2.24) is 0 Å². The molecule has 1 atom stereocenters. The fraction of sp³-hybridized carbons (Fsp3) is 0.300. The fourth-order valence-corrected chi connectivity index (χ4v) is 2.33. The van der Waals surface area contributed by atoms with Gasteiger partial charge in [0.25, 0.3) is 0 Å². The zero-order chi connectivity index (χ0) is 18.4. The number of carbonyl (C=O) groups is 2. The van der Waals surface area contributed by atoms with Crippen molar-refractivity contribution in [1.29, 1.82) is 0 Å². The number of benzene rings is 2. The summed E-state index contributed by atoms with van der Waals surface area (Å²) in [7, 11) is 0. The van der Waals surface area contributed by atoms with Crippen molar-refractivity contribution >= 4 is 45.8 Å². The Bertz CT molecular complexity index is 659. The van der Waals surface area contributed by atoms with Crippen LogP contribution in [0.4, 0.5) is 11.4 Å². The Morgan fingerprint density at radius 3 is 1.56 bits per heavy atom. The highest BCUT2D eigenvalue weighted by Crippen LogP contribution is 2.17. The quantitative estimate of drug-likeness (QED) is 0.498. The number of hydrogen-bond donors (Lipinski definition) is 2. The van der Waals surface area contributed by atoms with Crippen molar-refractivity contribution in [2.75, 3.05) is 10.6 Å². The van der Waals surface area contributed by atoms with Gasteiger partial charge in [0, 0.05) is 17.3 Å². The lowest BCUT2D eigenvalue weighted by Gasteiger charge is -2.09. The van der Waals surface area contributed by atoms with Gasteiger partial charge in [0.1, 0.15) is 0 Å². The molecule has 0 aliphatic carbocycles. The first-order chi connectivity index (χ1) is 11.8. The van der Waals surface area contributed by atoms with E-state index in [4.69, 9.17) is 0 Å². The Morgan fingerprint density at radius 1 is 0.800 bits per heavy atom. The van der Waals surface area contributed by atoms with Crippen LogP contribution in [0.5, 0.6) is 0 Å². The molecule has 25 heavy (non-hydrogen) atoms. The molecular formula is C20H23IN2O2. The molecule has 0 aromatic heterocycles. The van der Waals surface area contributed by atoms with Crippen LogP contribution in [0.3, 0.4) is 0 Å². The molecule has 0 saturated heterocycles. The first-order valence-electron chi connectivity index (χ1n) is 8.29. The van der Waals surface area contributed by atoms with E-state index in [-0.39, 0.29) is 21.7 Å². The summed E-state index contributed by atoms with van der Waals surface area (Å²) in [5.41, 5.74) is 3.96. The smallest absolute Gasteiger partial charge is 0.237 e. The minimum atomic E-state index is -0.0630. The van der Waals surface area contributed by atoms with Crippen molar-refractivity contribution in [3.63, 3.8) is 0 Å². The summed E-state index contributed by atoms with van der Waals surface area (Å²) in [6, 6.07) is 15.8. The third-order valence-electron chi connectivity index (χ3n) is 3.74. The van der Waals surface area contributed by atoms with Gasteiger partial charge in [-0.3, -0.25) is 9.59 Å². The number of nitrogens with one attached hydrogen (secondary N) is 2. The first-order valence-corrected chi connectivity index (χ1v) is 9.53. The van der Waals surface area contributed by atoms with Crippen LogP contribution in [0.2, 0.25) is 0 Å². The molecule has 0 radical (unpaired) electrons. The van der Waals surface area contributed by atoms with E-state index in [1.807, 2.05) is 69.3 Å². The molecule has 132 valence electrons. The van der Waals surface area contributed by atoms with E-state index in [1.165, 1.54) is 11.1 Å². The van der Waals surface area contributed by atoms with Crippen molar-refractivity contribution < 1.29 is 9.59 Å². The number of amides is 2. The molecule has 2 aromatic rings. The van der Waals surface area contributed by atoms with E-state index in [1.54, 1.807) is 0 Å². The van der Waals surface area contributed by atoms with Gasteiger partial charge in [0.2, 0.25) is 11.8 Å². The molecule has 0 fully saturated rings. The van der Waals surface area contributed by atoms with Gasteiger partial charge < -0.3 is 10.6 Å². The molecule has 0 heterocycles. The monoisotopic (exact) mass is 450 g/mol. The van der Waals surface area contributed by atoms with Gasteiger partial charge >= 0.3 is 0 Å². The second-order valence-electron chi connectivity index (χ2n) is 6.32. The van der Waals surface area contributed by atoms with E-state index >= 15 is 0 Å². The van der Waals surface area contributed by atoms with E-state index in [0.717, 1.165) is 17.8 Å². The second-order valence-corrected chi connectivity index (χ2v) is 8.19. The van der Waals surface area contributed by atoms with Crippen LogP contribution in [0.25, 0.3) is 0 Å². The van der Waals surface area contributed by atoms with Crippen LogP contribution >= 0.6 is 22.6 Å². The largest absolute Gasteiger partial charge is 0.326 e. The Morgan fingerprint density at radius 2 is 1.20 bits per heavy atom. The molecule has 0 bridgehead atoms. The lowest BCUT2D eigenvalue weighted by molar-refractivity contribution is -0.119. The van der Waals surface area contributed by atoms with Gasteiger partial charge in [-0.25, -0.2) is 0 Å². The zero-order valence-electron chi connectivity index (χ0n) is 14.7. The maximum atomic E-state index is 11.7. The minimum absolute atomic E-state index is 0.00684. The van der Waals surface area contributed by atoms with Crippen molar-refractivity contribution in [2.45, 2.75) is 31.1 Å². The van der Waals surface area contributed by atoms with Gasteiger partial charge in [-0.1, -0.05) is 60.7 Å². The maximum absolute atomic E-state index is 11.7. The topological polar surface area (TPSA) is 58.2 Å². The molecule has 0 saturated carbocycles. The Labute approximate surface area is 162 Å². The molecule has 2 rings (SSSR count). The van der Waals surface area contributed by atoms with Crippen LogP contribution in [-0.4, -0.2) is 15.7 Å². The van der Waals surface area contributed by atoms with Gasteiger partial charge in [0.05, 0.1) is 3.92 Å². The summed E-state index contributed by atoms with van der Waals surface area (Å²) in [5.74, 6) is -0.00698. The molecule has 0 aliphatic heterocycles. The van der Waals surface area contributed by atoms with E-state index in [2.05, 4.69) is 33.2 Å². The summed E-state index contributed by atoms with van der Waals surface area (Å²) < 4.78 is -0.0630. The van der Waals surface area contributed by atoms with Gasteiger partial charge in [0.15, 0.2) is 0 Å². The van der Waals surface area contributed by atoms with Gasteiger partial charge in [-0.2, -0.15) is 0 Å². The molecule has 2 aromatic carbocycles. The van der Waals surface area contributed by atoms with E-state index < -0.39 is 0 Å². The lowest BCUT2D eigenvalue weighted by Crippen LogP contribution is -2.19. The van der Waals surface area contributed by atoms with Crippen molar-refractivity contribution in [2.24, 2.45) is 5.92 Å². The molecule has 1 unspecified atom stereocenters. The fourth-order valence-electron chi connectivity index (χ4n) is 2.18. The Kier molecular flexibility index (Phi) is 6.99. The molecule has 4 nitrogen and oxygen atoms in total. The third kappa shape index (κ3) is 6.16. The first kappa shape index (κ1) is 19.4. The number of carbonyl (C=O) groups excluding carboxylic acids is 2. The molecule has 0 aliphatic rings. The van der Waals surface area contributed by atoms with Crippen LogP contribution in [0.15, 0.2) is 48.5 Å². The number of halogens is 1. The van der Waals surface area contributed by atoms with Crippen LogP contribution in [0.1, 0.15) is 31.9 Å². The predicted molar refractivity (Wildman–Crippen MR) is 111 cm³/mol. The number of alkyl halides is 1. The maximum Gasteiger partial charge on any atom is 0.237 e. The molecule has 5 heteroatoms. The van der Waals surface area contributed by atoms with Crippen molar-refractivity contribution in [3.05, 3.63) is 59.7 Å². The normalized spacial score (nSPS) is 11.9. The van der Waals surface area contributed by atoms with Crippen LogP contribution < -0.4 is 10.6 Å². The molecular weight excluding hydrogens is 427 g/mol. The SMILES string of the molecule is CC(C)C(=O)Nc1ccc(Cc2ccc(NC(=O)C(C)I)cc2)cc1. The summed E-state index contributed by atoms with van der Waals surface area (Å²) in [5, 5.41) is 5.77. The molecule has 2 N–H and O–H groups in total. The van der Waals surface area contributed by atoms with Crippen LogP contribution in [-0.2, 0) is 16.0 Å². The highest BCUT2D eigenvalue weighted by Gasteiger charge is 2.09. The minimum Gasteiger partial charge on any atom is -0.326 e. The standard InChI is InChI=1S/C20H23IN2O2/c1-13(2)19(24)22-17-8-4-15(5-9-17)12-16-6-10-18(11-7-16)23-20(25)14(3)21/h4-11,13-14H,12H2,1-3H3,(H,22,24)(H,23,25). The Balaban J connectivity index is 1.95. The lowest BCUT2D eigenvalue weighted by atomic mass is 10.0. The Hall–Kier alpha value is -1.89. The number of rotatable bonds is 6. The van der Waals surface area contributed by atoms with Crippen LogP contribution in [0, 0.1) is 5.92 Å². The third-order valence-corrected chi connectivity index (χ3v) is 4.30. The highest BCUT2D eigenvalue weighted by atomic mass is 127. The van der Waals surface area contributed by atoms with E-state index in [0.29, 0.717) is 0 Å². The van der Waals surface area contributed by atoms with E-state index in [9.17, 15) is 9.59 Å². The predicted octanol–water partition coefficient (Wildman–Crippen LogP) is 4.63. The summed E-state index contributed by atoms with van der Waals surface area (Å²) in [4.78, 5) is 23.4. The van der Waals surface area contributed by atoms with Gasteiger partial charge in [-0.05, 0) is 48.7 Å². The summed E-state index contributed by atoms with van der Waals surface area (Å²) in [6.07, 6.45) is 0.801. The van der Waals surface area contributed by atoms with Gasteiger partial charge in [-0.15, -0.1) is 0 Å². The molecule has 2 amide bonds. The zero-order valence-corrected chi connectivity index (χ0v) is 16.8. The summed E-state index contributed by atoms with van der Waals surface area (Å²) >= 11 is 2.09. The number of anilines is 2.